The van der Waals surface area contributed by atoms with E-state index in [4.69, 9.17) is 4.98 Å². The second-order valence-corrected chi connectivity index (χ2v) is 11.9. The molecular formula is C36H35F4NO. The van der Waals surface area contributed by atoms with Crippen LogP contribution in [0.4, 0.5) is 17.6 Å². The van der Waals surface area contributed by atoms with Crippen LogP contribution in [-0.4, -0.2) is 10.1 Å². The number of aliphatic hydroxyl groups is 1. The molecule has 2 unspecified atom stereocenters. The summed E-state index contributed by atoms with van der Waals surface area (Å²) in [6.07, 6.45) is 2.73. The zero-order valence-electron chi connectivity index (χ0n) is 23.5. The Labute approximate surface area is 244 Å². The summed E-state index contributed by atoms with van der Waals surface area (Å²) in [7, 11) is 0. The number of nitrogens with zero attached hydrogens (tertiary/aromatic N) is 1. The number of rotatable bonds is 7. The maximum Gasteiger partial charge on any atom is 0.416 e. The van der Waals surface area contributed by atoms with Crippen molar-refractivity contribution in [2.45, 2.75) is 76.0 Å². The van der Waals surface area contributed by atoms with Gasteiger partial charge >= 0.3 is 6.18 Å². The Morgan fingerprint density at radius 2 is 1.52 bits per heavy atom. The smallest absolute Gasteiger partial charge is 0.388 e. The largest absolute Gasteiger partial charge is 0.416 e. The third-order valence-electron chi connectivity index (χ3n) is 9.04. The molecule has 2 atom stereocenters. The first-order chi connectivity index (χ1) is 20.3. The maximum atomic E-state index is 14.0. The van der Waals surface area contributed by atoms with Crippen LogP contribution in [0.15, 0.2) is 78.9 Å². The molecule has 0 spiro atoms. The predicted octanol–water partition coefficient (Wildman–Crippen LogP) is 9.38. The molecule has 2 aliphatic carbocycles. The Kier molecular flexibility index (Phi) is 8.17. The zero-order valence-corrected chi connectivity index (χ0v) is 23.5. The minimum atomic E-state index is -4.40. The Bertz CT molecular complexity index is 1510. The van der Waals surface area contributed by atoms with Gasteiger partial charge in [-0.3, -0.25) is 4.98 Å². The van der Waals surface area contributed by atoms with Gasteiger partial charge in [0.2, 0.25) is 0 Å². The quantitative estimate of drug-likeness (QED) is 0.224. The molecule has 1 aromatic heterocycles. The number of fused-ring (bicyclic) bond motifs is 1. The predicted molar refractivity (Wildman–Crippen MR) is 157 cm³/mol. The number of pyridine rings is 1. The molecule has 3 aromatic carbocycles. The zero-order chi connectivity index (χ0) is 29.3. The molecule has 218 valence electrons. The van der Waals surface area contributed by atoms with E-state index < -0.39 is 17.8 Å². The normalized spacial score (nSPS) is 19.2. The fourth-order valence-electron chi connectivity index (χ4n) is 6.93. The van der Waals surface area contributed by atoms with Crippen LogP contribution in [0.2, 0.25) is 0 Å². The van der Waals surface area contributed by atoms with E-state index in [1.807, 2.05) is 18.2 Å². The van der Waals surface area contributed by atoms with Crippen LogP contribution >= 0.6 is 0 Å². The van der Waals surface area contributed by atoms with Crippen molar-refractivity contribution in [3.8, 4) is 11.1 Å². The van der Waals surface area contributed by atoms with Crippen molar-refractivity contribution in [2.24, 2.45) is 5.92 Å². The summed E-state index contributed by atoms with van der Waals surface area (Å²) in [6, 6.07) is 22.0. The molecule has 0 bridgehead atoms. The average molecular weight is 574 g/mol. The van der Waals surface area contributed by atoms with Crippen molar-refractivity contribution in [3.05, 3.63) is 124 Å². The van der Waals surface area contributed by atoms with Crippen molar-refractivity contribution < 1.29 is 22.7 Å². The molecule has 4 aromatic rings. The maximum absolute atomic E-state index is 14.0. The summed E-state index contributed by atoms with van der Waals surface area (Å²) in [5, 5.41) is 11.7. The summed E-state index contributed by atoms with van der Waals surface area (Å²) >= 11 is 0. The Morgan fingerprint density at radius 3 is 2.19 bits per heavy atom. The van der Waals surface area contributed by atoms with Crippen LogP contribution in [0.5, 0.6) is 0 Å². The summed E-state index contributed by atoms with van der Waals surface area (Å²) in [6.45, 7) is 0. The first kappa shape index (κ1) is 28.6. The van der Waals surface area contributed by atoms with Gasteiger partial charge in [-0.05, 0) is 103 Å². The van der Waals surface area contributed by atoms with E-state index >= 15 is 0 Å². The number of halogens is 4. The minimum absolute atomic E-state index is 0.251. The number of aliphatic hydroxyl groups excluding tert-OH is 1. The SMILES string of the molecule is OC1CC(CCc2ccccc2)Cc2nc(C3CCCC3)c(Cc3ccc(C(F)(F)F)cc3)c(-c3ccc(F)cc3)c21. The van der Waals surface area contributed by atoms with Gasteiger partial charge in [-0.2, -0.15) is 13.2 Å². The van der Waals surface area contributed by atoms with Crippen molar-refractivity contribution in [2.75, 3.05) is 0 Å². The molecule has 2 aliphatic rings. The number of alkyl halides is 3. The average Bonchev–Trinajstić information content (AvgIpc) is 3.52. The molecule has 0 aliphatic heterocycles. The van der Waals surface area contributed by atoms with Crippen molar-refractivity contribution in [1.29, 1.82) is 0 Å². The van der Waals surface area contributed by atoms with Crippen LogP contribution < -0.4 is 0 Å². The molecule has 1 N–H and O–H groups in total. The van der Waals surface area contributed by atoms with E-state index in [2.05, 4.69) is 12.1 Å². The third kappa shape index (κ3) is 6.14. The van der Waals surface area contributed by atoms with E-state index in [1.54, 1.807) is 12.1 Å². The molecule has 6 rings (SSSR count). The van der Waals surface area contributed by atoms with Crippen LogP contribution in [0, 0.1) is 11.7 Å². The summed E-state index contributed by atoms with van der Waals surface area (Å²) in [4.78, 5) is 5.29. The topological polar surface area (TPSA) is 33.1 Å². The lowest BCUT2D eigenvalue weighted by Gasteiger charge is -2.33. The third-order valence-corrected chi connectivity index (χ3v) is 9.04. The number of aromatic nitrogens is 1. The number of benzene rings is 3. The standard InChI is InChI=1S/C36H35F4NO/c37-29-18-14-26(15-19-29)33-30(20-24-12-16-28(17-13-24)36(38,39)40)35(27-8-4-5-9-27)41-31-21-25(22-32(42)34(31)33)11-10-23-6-2-1-3-7-23/h1-3,6-7,12-19,25,27,32,42H,4-5,8-11,20-22H2. The minimum Gasteiger partial charge on any atom is -0.388 e. The van der Waals surface area contributed by atoms with Gasteiger partial charge in [0.1, 0.15) is 5.82 Å². The van der Waals surface area contributed by atoms with Crippen LogP contribution in [0.3, 0.4) is 0 Å². The van der Waals surface area contributed by atoms with Crippen LogP contribution in [0.1, 0.15) is 89.8 Å². The van der Waals surface area contributed by atoms with Crippen molar-refractivity contribution in [1.82, 2.24) is 4.98 Å². The fourth-order valence-corrected chi connectivity index (χ4v) is 6.93. The molecule has 1 heterocycles. The van der Waals surface area contributed by atoms with E-state index in [9.17, 15) is 22.7 Å². The molecule has 1 saturated carbocycles. The molecule has 6 heteroatoms. The number of aryl methyl sites for hydroxylation is 1. The molecule has 0 amide bonds. The first-order valence-electron chi connectivity index (χ1n) is 15.0. The Balaban J connectivity index is 1.44. The summed E-state index contributed by atoms with van der Waals surface area (Å²) in [5.74, 6) is 0.183. The highest BCUT2D eigenvalue weighted by atomic mass is 19.4. The highest BCUT2D eigenvalue weighted by molar-refractivity contribution is 5.74. The molecular weight excluding hydrogens is 538 g/mol. The van der Waals surface area contributed by atoms with Crippen LogP contribution in [-0.2, 0) is 25.4 Å². The summed E-state index contributed by atoms with van der Waals surface area (Å²) < 4.78 is 53.9. The van der Waals surface area contributed by atoms with Gasteiger partial charge in [0.05, 0.1) is 11.7 Å². The summed E-state index contributed by atoms with van der Waals surface area (Å²) in [5.41, 5.74) is 6.64. The van der Waals surface area contributed by atoms with Gasteiger partial charge in [0.15, 0.2) is 0 Å². The van der Waals surface area contributed by atoms with Gasteiger partial charge in [-0.25, -0.2) is 4.39 Å². The van der Waals surface area contributed by atoms with Gasteiger partial charge in [-0.1, -0.05) is 67.4 Å². The molecule has 2 nitrogen and oxygen atoms in total. The molecule has 0 radical (unpaired) electrons. The lowest BCUT2D eigenvalue weighted by molar-refractivity contribution is -0.137. The van der Waals surface area contributed by atoms with E-state index in [-0.39, 0.29) is 17.7 Å². The van der Waals surface area contributed by atoms with Gasteiger partial charge in [0.25, 0.3) is 0 Å². The van der Waals surface area contributed by atoms with Crippen molar-refractivity contribution >= 4 is 0 Å². The van der Waals surface area contributed by atoms with E-state index in [0.717, 1.165) is 96.3 Å². The van der Waals surface area contributed by atoms with E-state index in [1.165, 1.54) is 29.8 Å². The highest BCUT2D eigenvalue weighted by Crippen LogP contribution is 2.46. The van der Waals surface area contributed by atoms with E-state index in [0.29, 0.717) is 12.8 Å². The number of hydrogen-bond acceptors (Lipinski definition) is 2. The lowest BCUT2D eigenvalue weighted by Crippen LogP contribution is -2.24. The van der Waals surface area contributed by atoms with Gasteiger partial charge in [0, 0.05) is 22.9 Å². The fraction of sp³-hybridized carbons (Fsp3) is 0.361. The number of hydrogen-bond donors (Lipinski definition) is 1. The second-order valence-electron chi connectivity index (χ2n) is 11.9. The monoisotopic (exact) mass is 573 g/mol. The van der Waals surface area contributed by atoms with Crippen molar-refractivity contribution in [3.63, 3.8) is 0 Å². The highest BCUT2D eigenvalue weighted by Gasteiger charge is 2.35. The first-order valence-corrected chi connectivity index (χ1v) is 15.0. The molecule has 42 heavy (non-hydrogen) atoms. The lowest BCUT2D eigenvalue weighted by atomic mass is 9.76. The molecule has 1 fully saturated rings. The van der Waals surface area contributed by atoms with Gasteiger partial charge < -0.3 is 5.11 Å². The molecule has 0 saturated heterocycles. The second kappa shape index (κ2) is 12.0. The Hall–Kier alpha value is -3.51. The van der Waals surface area contributed by atoms with Gasteiger partial charge in [-0.15, -0.1) is 0 Å². The Morgan fingerprint density at radius 1 is 0.833 bits per heavy atom. The van der Waals surface area contributed by atoms with Crippen LogP contribution in [0.25, 0.3) is 11.1 Å².